The maximum atomic E-state index is 11.9. The molecule has 0 aromatic carbocycles. The molecule has 2 N–H and O–H groups in total. The van der Waals surface area contributed by atoms with Gasteiger partial charge in [-0.2, -0.15) is 5.10 Å². The predicted octanol–water partition coefficient (Wildman–Crippen LogP) is 1.09. The number of urea groups is 1. The van der Waals surface area contributed by atoms with Gasteiger partial charge in [-0.25, -0.2) is 4.79 Å². The minimum absolute atomic E-state index is 0.0458. The maximum Gasteiger partial charge on any atom is 0.321 e. The molecule has 134 valence electrons. The van der Waals surface area contributed by atoms with E-state index in [1.54, 1.807) is 6.92 Å². The lowest BCUT2D eigenvalue weighted by Crippen LogP contribution is -2.41. The number of carbonyl (C=O) groups excluding carboxylic acids is 3. The Bertz CT molecular complexity index is 607. The number of ether oxygens (including phenoxy) is 1. The van der Waals surface area contributed by atoms with Crippen LogP contribution in [0.2, 0.25) is 0 Å². The smallest absolute Gasteiger partial charge is 0.321 e. The molecule has 0 saturated heterocycles. The fraction of sp³-hybridized carbons (Fsp3) is 0.625. The van der Waals surface area contributed by atoms with Gasteiger partial charge >= 0.3 is 12.0 Å². The fourth-order valence-electron chi connectivity index (χ4n) is 2.22. The number of amides is 3. The average molecular weight is 338 g/mol. The molecular formula is C16H26N4O4. The first-order chi connectivity index (χ1) is 11.2. The number of rotatable bonds is 7. The van der Waals surface area contributed by atoms with Crippen molar-refractivity contribution in [3.63, 3.8) is 0 Å². The number of hydrogen-bond donors (Lipinski definition) is 2. The highest BCUT2D eigenvalue weighted by molar-refractivity contribution is 5.95. The van der Waals surface area contributed by atoms with Crippen LogP contribution < -0.4 is 10.6 Å². The van der Waals surface area contributed by atoms with E-state index in [0.717, 1.165) is 23.5 Å². The molecule has 0 unspecified atom stereocenters. The van der Waals surface area contributed by atoms with Crippen LogP contribution in [-0.4, -0.2) is 40.8 Å². The molecule has 0 radical (unpaired) electrons. The Morgan fingerprint density at radius 3 is 2.50 bits per heavy atom. The van der Waals surface area contributed by atoms with Gasteiger partial charge in [0.05, 0.1) is 12.1 Å². The van der Waals surface area contributed by atoms with Crippen LogP contribution in [0.5, 0.6) is 0 Å². The van der Waals surface area contributed by atoms with Crippen molar-refractivity contribution in [2.45, 2.75) is 47.6 Å². The zero-order chi connectivity index (χ0) is 18.3. The summed E-state index contributed by atoms with van der Waals surface area (Å²) in [6.07, 6.45) is 0.0458. The van der Waals surface area contributed by atoms with E-state index in [9.17, 15) is 14.4 Å². The minimum atomic E-state index is -0.668. The number of nitrogens with one attached hydrogen (secondary N) is 2. The molecule has 1 aromatic rings. The monoisotopic (exact) mass is 338 g/mol. The molecule has 1 aromatic heterocycles. The van der Waals surface area contributed by atoms with Gasteiger partial charge in [0.1, 0.15) is 0 Å². The number of aryl methyl sites for hydroxylation is 1. The standard InChI is InChI=1S/C16H26N4O4/c1-6-17-16(23)18-14(21)9-24-15(22)7-13-11(4)19-20(12(13)5)8-10(2)3/h10H,6-9H2,1-5H3,(H2,17,18,21,23). The van der Waals surface area contributed by atoms with Crippen LogP contribution in [0.1, 0.15) is 37.7 Å². The van der Waals surface area contributed by atoms with Gasteiger partial charge in [0.25, 0.3) is 5.91 Å². The van der Waals surface area contributed by atoms with Crippen molar-refractivity contribution in [3.8, 4) is 0 Å². The summed E-state index contributed by atoms with van der Waals surface area (Å²) in [6.45, 7) is 10.4. The van der Waals surface area contributed by atoms with Crippen molar-refractivity contribution in [3.05, 3.63) is 17.0 Å². The zero-order valence-electron chi connectivity index (χ0n) is 14.9. The Kier molecular flexibility index (Phi) is 7.41. The van der Waals surface area contributed by atoms with Crippen LogP contribution in [0.25, 0.3) is 0 Å². The third-order valence-electron chi connectivity index (χ3n) is 3.35. The third kappa shape index (κ3) is 6.02. The highest BCUT2D eigenvalue weighted by atomic mass is 16.5. The van der Waals surface area contributed by atoms with E-state index in [1.165, 1.54) is 0 Å². The van der Waals surface area contributed by atoms with Gasteiger partial charge in [0.15, 0.2) is 6.61 Å². The molecule has 0 spiro atoms. The first-order valence-electron chi connectivity index (χ1n) is 8.00. The van der Waals surface area contributed by atoms with Gasteiger partial charge in [-0.3, -0.25) is 19.6 Å². The van der Waals surface area contributed by atoms with Crippen LogP contribution in [0.3, 0.4) is 0 Å². The Hall–Kier alpha value is -2.38. The van der Waals surface area contributed by atoms with Crippen molar-refractivity contribution in [2.24, 2.45) is 5.92 Å². The van der Waals surface area contributed by atoms with E-state index in [2.05, 4.69) is 29.6 Å². The summed E-state index contributed by atoms with van der Waals surface area (Å²) >= 11 is 0. The van der Waals surface area contributed by atoms with E-state index in [0.29, 0.717) is 12.5 Å². The lowest BCUT2D eigenvalue weighted by atomic mass is 10.1. The Morgan fingerprint density at radius 2 is 1.92 bits per heavy atom. The molecule has 0 aliphatic heterocycles. The van der Waals surface area contributed by atoms with Crippen LogP contribution in [0, 0.1) is 19.8 Å². The number of aromatic nitrogens is 2. The molecule has 0 aliphatic carbocycles. The molecule has 0 saturated carbocycles. The lowest BCUT2D eigenvalue weighted by molar-refractivity contribution is -0.147. The van der Waals surface area contributed by atoms with Gasteiger partial charge in [0.2, 0.25) is 0 Å². The third-order valence-corrected chi connectivity index (χ3v) is 3.35. The van der Waals surface area contributed by atoms with Crippen molar-refractivity contribution >= 4 is 17.9 Å². The van der Waals surface area contributed by atoms with Gasteiger partial charge in [0, 0.05) is 24.3 Å². The largest absolute Gasteiger partial charge is 0.455 e. The number of carbonyl (C=O) groups is 3. The van der Waals surface area contributed by atoms with Crippen LogP contribution in [0.4, 0.5) is 4.79 Å². The second-order valence-electron chi connectivity index (χ2n) is 5.97. The molecule has 0 aliphatic rings. The maximum absolute atomic E-state index is 11.9. The molecule has 8 heteroatoms. The van der Waals surface area contributed by atoms with Gasteiger partial charge < -0.3 is 10.1 Å². The summed E-state index contributed by atoms with van der Waals surface area (Å²) in [5, 5.41) is 8.92. The second kappa shape index (κ2) is 9.05. The molecule has 1 rings (SSSR count). The quantitative estimate of drug-likeness (QED) is 0.725. The zero-order valence-corrected chi connectivity index (χ0v) is 14.9. The highest BCUT2D eigenvalue weighted by Crippen LogP contribution is 2.15. The normalized spacial score (nSPS) is 10.6. The minimum Gasteiger partial charge on any atom is -0.455 e. The molecule has 1 heterocycles. The van der Waals surface area contributed by atoms with E-state index in [4.69, 9.17) is 4.74 Å². The fourth-order valence-corrected chi connectivity index (χ4v) is 2.22. The SMILES string of the molecule is CCNC(=O)NC(=O)COC(=O)Cc1c(C)nn(CC(C)C)c1C. The topological polar surface area (TPSA) is 102 Å². The van der Waals surface area contributed by atoms with E-state index in [1.807, 2.05) is 18.5 Å². The number of imide groups is 1. The Balaban J connectivity index is 2.55. The molecule has 3 amide bonds. The number of nitrogens with zero attached hydrogens (tertiary/aromatic N) is 2. The summed E-state index contributed by atoms with van der Waals surface area (Å²) in [5.41, 5.74) is 2.51. The summed E-state index contributed by atoms with van der Waals surface area (Å²) in [6, 6.07) is -0.611. The van der Waals surface area contributed by atoms with Crippen molar-refractivity contribution < 1.29 is 19.1 Å². The van der Waals surface area contributed by atoms with Gasteiger partial charge in [-0.1, -0.05) is 13.8 Å². The predicted molar refractivity (Wildman–Crippen MR) is 88.4 cm³/mol. The molecule has 8 nitrogen and oxygen atoms in total. The highest BCUT2D eigenvalue weighted by Gasteiger charge is 2.17. The van der Waals surface area contributed by atoms with E-state index >= 15 is 0 Å². The summed E-state index contributed by atoms with van der Waals surface area (Å²) in [4.78, 5) is 34.6. The molecular weight excluding hydrogens is 312 g/mol. The van der Waals surface area contributed by atoms with Crippen LogP contribution in [0.15, 0.2) is 0 Å². The van der Waals surface area contributed by atoms with E-state index in [-0.39, 0.29) is 6.42 Å². The first-order valence-corrected chi connectivity index (χ1v) is 8.00. The Labute approximate surface area is 141 Å². The van der Waals surface area contributed by atoms with Crippen molar-refractivity contribution in [1.29, 1.82) is 0 Å². The summed E-state index contributed by atoms with van der Waals surface area (Å²) < 4.78 is 6.80. The van der Waals surface area contributed by atoms with Gasteiger partial charge in [-0.05, 0) is 26.7 Å². The molecule has 0 bridgehead atoms. The molecule has 0 atom stereocenters. The molecule has 24 heavy (non-hydrogen) atoms. The lowest BCUT2D eigenvalue weighted by Gasteiger charge is -2.08. The average Bonchev–Trinajstić information content (AvgIpc) is 2.72. The number of esters is 1. The Morgan fingerprint density at radius 1 is 1.25 bits per heavy atom. The van der Waals surface area contributed by atoms with Crippen molar-refractivity contribution in [2.75, 3.05) is 13.2 Å². The molecule has 0 fully saturated rings. The second-order valence-corrected chi connectivity index (χ2v) is 5.97. The summed E-state index contributed by atoms with van der Waals surface area (Å²) in [5.74, 6) is -0.754. The van der Waals surface area contributed by atoms with Gasteiger partial charge in [-0.15, -0.1) is 0 Å². The number of hydrogen-bond acceptors (Lipinski definition) is 5. The van der Waals surface area contributed by atoms with Crippen molar-refractivity contribution in [1.82, 2.24) is 20.4 Å². The van der Waals surface area contributed by atoms with Crippen LogP contribution >= 0.6 is 0 Å². The van der Waals surface area contributed by atoms with Crippen LogP contribution in [-0.2, 0) is 27.3 Å². The first kappa shape index (κ1) is 19.7. The van der Waals surface area contributed by atoms with E-state index < -0.39 is 24.5 Å². The summed E-state index contributed by atoms with van der Waals surface area (Å²) in [7, 11) is 0.